The third-order valence-electron chi connectivity index (χ3n) is 4.66. The van der Waals surface area contributed by atoms with E-state index in [0.29, 0.717) is 30.9 Å². The molecule has 2 saturated heterocycles. The second-order valence-corrected chi connectivity index (χ2v) is 6.49. The van der Waals surface area contributed by atoms with Crippen LogP contribution >= 0.6 is 0 Å². The van der Waals surface area contributed by atoms with Crippen LogP contribution in [0.2, 0.25) is 0 Å². The third kappa shape index (κ3) is 4.00. The summed E-state index contributed by atoms with van der Waals surface area (Å²) in [6, 6.07) is 7.09. The average molecular weight is 329 g/mol. The molecule has 6 nitrogen and oxygen atoms in total. The zero-order valence-corrected chi connectivity index (χ0v) is 13.7. The van der Waals surface area contributed by atoms with Gasteiger partial charge in [0.1, 0.15) is 0 Å². The lowest BCUT2D eigenvalue weighted by molar-refractivity contribution is -0.139. The molecule has 6 heteroatoms. The smallest absolute Gasteiger partial charge is 0.251 e. The normalized spacial score (nSPS) is 21.2. The Kier molecular flexibility index (Phi) is 5.25. The van der Waals surface area contributed by atoms with Crippen molar-refractivity contribution >= 4 is 17.7 Å². The number of nitrogens with zero attached hydrogens (tertiary/aromatic N) is 1. The van der Waals surface area contributed by atoms with Gasteiger partial charge in [0.25, 0.3) is 5.91 Å². The highest BCUT2D eigenvalue weighted by atomic mass is 16.2. The van der Waals surface area contributed by atoms with Crippen LogP contribution in [0.25, 0.3) is 0 Å². The number of imide groups is 1. The van der Waals surface area contributed by atoms with Crippen molar-refractivity contribution in [2.24, 2.45) is 5.92 Å². The topological polar surface area (TPSA) is 78.5 Å². The molecule has 1 aromatic carbocycles. The molecule has 0 spiro atoms. The van der Waals surface area contributed by atoms with E-state index in [0.717, 1.165) is 31.5 Å². The molecule has 0 radical (unpaired) electrons. The Hall–Kier alpha value is -2.21. The first-order chi connectivity index (χ1) is 11.6. The Morgan fingerprint density at radius 2 is 1.88 bits per heavy atom. The molecule has 1 atom stereocenters. The Morgan fingerprint density at radius 1 is 1.17 bits per heavy atom. The SMILES string of the molecule is O=C(NCC1CCCNC1)c1ccc(CN2C(=O)CCC2=O)cc1. The molecule has 2 heterocycles. The molecule has 128 valence electrons. The molecule has 1 aromatic rings. The molecule has 3 amide bonds. The largest absolute Gasteiger partial charge is 0.352 e. The van der Waals surface area contributed by atoms with Crippen molar-refractivity contribution in [2.45, 2.75) is 32.2 Å². The standard InChI is InChI=1S/C18H23N3O3/c22-16-7-8-17(23)21(16)12-13-3-5-15(6-4-13)18(24)20-11-14-2-1-9-19-10-14/h3-6,14,19H,1-2,7-12H2,(H,20,24). The van der Waals surface area contributed by atoms with E-state index >= 15 is 0 Å². The number of rotatable bonds is 5. The summed E-state index contributed by atoms with van der Waals surface area (Å²) in [4.78, 5) is 36.8. The fourth-order valence-electron chi connectivity index (χ4n) is 3.18. The first-order valence-electron chi connectivity index (χ1n) is 8.54. The predicted molar refractivity (Wildman–Crippen MR) is 89.2 cm³/mol. The zero-order valence-electron chi connectivity index (χ0n) is 13.7. The first-order valence-corrected chi connectivity index (χ1v) is 8.54. The summed E-state index contributed by atoms with van der Waals surface area (Å²) in [5.41, 5.74) is 1.45. The molecular formula is C18H23N3O3. The summed E-state index contributed by atoms with van der Waals surface area (Å²) in [6.07, 6.45) is 2.90. The monoisotopic (exact) mass is 329 g/mol. The molecule has 2 aliphatic heterocycles. The molecule has 0 bridgehead atoms. The van der Waals surface area contributed by atoms with E-state index in [1.807, 2.05) is 0 Å². The van der Waals surface area contributed by atoms with Gasteiger partial charge in [-0.1, -0.05) is 12.1 Å². The maximum absolute atomic E-state index is 12.2. The number of carbonyl (C=O) groups excluding carboxylic acids is 3. The average Bonchev–Trinajstić information content (AvgIpc) is 2.93. The number of hydrogen-bond acceptors (Lipinski definition) is 4. The van der Waals surface area contributed by atoms with Crippen LogP contribution in [0.5, 0.6) is 0 Å². The highest BCUT2D eigenvalue weighted by molar-refractivity contribution is 6.01. The van der Waals surface area contributed by atoms with Crippen molar-refractivity contribution in [3.63, 3.8) is 0 Å². The van der Waals surface area contributed by atoms with Crippen molar-refractivity contribution in [3.05, 3.63) is 35.4 Å². The molecule has 2 fully saturated rings. The predicted octanol–water partition coefficient (Wildman–Crippen LogP) is 1.06. The summed E-state index contributed by atoms with van der Waals surface area (Å²) < 4.78 is 0. The van der Waals surface area contributed by atoms with Crippen LogP contribution in [0, 0.1) is 5.92 Å². The second-order valence-electron chi connectivity index (χ2n) is 6.49. The van der Waals surface area contributed by atoms with Crippen molar-refractivity contribution in [2.75, 3.05) is 19.6 Å². The highest BCUT2D eigenvalue weighted by Crippen LogP contribution is 2.16. The van der Waals surface area contributed by atoms with Crippen molar-refractivity contribution in [3.8, 4) is 0 Å². The van der Waals surface area contributed by atoms with Gasteiger partial charge in [0.2, 0.25) is 11.8 Å². The molecule has 0 saturated carbocycles. The summed E-state index contributed by atoms with van der Waals surface area (Å²) in [5.74, 6) is 0.167. The van der Waals surface area contributed by atoms with Crippen LogP contribution in [0.15, 0.2) is 24.3 Å². The van der Waals surface area contributed by atoms with Gasteiger partial charge >= 0.3 is 0 Å². The maximum atomic E-state index is 12.2. The summed E-state index contributed by atoms with van der Waals surface area (Å²) >= 11 is 0. The minimum Gasteiger partial charge on any atom is -0.352 e. The van der Waals surface area contributed by atoms with Crippen LogP contribution < -0.4 is 10.6 Å². The number of carbonyl (C=O) groups is 3. The molecule has 3 rings (SSSR count). The van der Waals surface area contributed by atoms with Crippen molar-refractivity contribution in [1.29, 1.82) is 0 Å². The number of hydrogen-bond donors (Lipinski definition) is 2. The van der Waals surface area contributed by atoms with Gasteiger partial charge in [-0.15, -0.1) is 0 Å². The number of piperidine rings is 1. The molecule has 0 aromatic heterocycles. The van der Waals surface area contributed by atoms with E-state index in [1.165, 1.54) is 4.90 Å². The van der Waals surface area contributed by atoms with E-state index < -0.39 is 0 Å². The van der Waals surface area contributed by atoms with Gasteiger partial charge in [0.05, 0.1) is 6.54 Å². The van der Waals surface area contributed by atoms with Gasteiger partial charge in [0, 0.05) is 24.9 Å². The zero-order chi connectivity index (χ0) is 16.9. The molecule has 2 aliphatic rings. The Balaban J connectivity index is 1.52. The highest BCUT2D eigenvalue weighted by Gasteiger charge is 2.28. The van der Waals surface area contributed by atoms with Crippen molar-refractivity contribution in [1.82, 2.24) is 15.5 Å². The van der Waals surface area contributed by atoms with Gasteiger partial charge in [-0.25, -0.2) is 0 Å². The van der Waals surface area contributed by atoms with Crippen LogP contribution in [0.3, 0.4) is 0 Å². The summed E-state index contributed by atoms with van der Waals surface area (Å²) in [6.45, 7) is 2.99. The van der Waals surface area contributed by atoms with E-state index in [2.05, 4.69) is 10.6 Å². The lowest BCUT2D eigenvalue weighted by Gasteiger charge is -2.22. The van der Waals surface area contributed by atoms with Gasteiger partial charge in [-0.2, -0.15) is 0 Å². The van der Waals surface area contributed by atoms with E-state index in [4.69, 9.17) is 0 Å². The third-order valence-corrected chi connectivity index (χ3v) is 4.66. The number of nitrogens with one attached hydrogen (secondary N) is 2. The van der Waals surface area contributed by atoms with E-state index in [9.17, 15) is 14.4 Å². The number of likely N-dealkylation sites (tertiary alicyclic amines) is 1. The lowest BCUT2D eigenvalue weighted by atomic mass is 9.99. The van der Waals surface area contributed by atoms with Crippen LogP contribution in [-0.2, 0) is 16.1 Å². The number of amides is 3. The summed E-state index contributed by atoms with van der Waals surface area (Å²) in [5, 5.41) is 6.31. The first kappa shape index (κ1) is 16.6. The van der Waals surface area contributed by atoms with E-state index in [-0.39, 0.29) is 24.3 Å². The molecule has 24 heavy (non-hydrogen) atoms. The molecule has 0 aliphatic carbocycles. The Labute approximate surface area is 141 Å². The molecular weight excluding hydrogens is 306 g/mol. The van der Waals surface area contributed by atoms with Gasteiger partial charge in [0.15, 0.2) is 0 Å². The number of benzene rings is 1. The lowest BCUT2D eigenvalue weighted by Crippen LogP contribution is -2.38. The van der Waals surface area contributed by atoms with Crippen molar-refractivity contribution < 1.29 is 14.4 Å². The molecule has 1 unspecified atom stereocenters. The van der Waals surface area contributed by atoms with Gasteiger partial charge in [-0.05, 0) is 49.5 Å². The maximum Gasteiger partial charge on any atom is 0.251 e. The minimum absolute atomic E-state index is 0.0829. The minimum atomic E-state index is -0.122. The molecule has 2 N–H and O–H groups in total. The summed E-state index contributed by atoms with van der Waals surface area (Å²) in [7, 11) is 0. The van der Waals surface area contributed by atoms with Crippen LogP contribution in [0.4, 0.5) is 0 Å². The fourth-order valence-corrected chi connectivity index (χ4v) is 3.18. The fraction of sp³-hybridized carbons (Fsp3) is 0.500. The van der Waals surface area contributed by atoms with Gasteiger partial charge in [-0.3, -0.25) is 19.3 Å². The van der Waals surface area contributed by atoms with Crippen LogP contribution in [0.1, 0.15) is 41.6 Å². The van der Waals surface area contributed by atoms with E-state index in [1.54, 1.807) is 24.3 Å². The quantitative estimate of drug-likeness (QED) is 0.792. The van der Waals surface area contributed by atoms with Crippen LogP contribution in [-0.4, -0.2) is 42.3 Å². The van der Waals surface area contributed by atoms with Gasteiger partial charge < -0.3 is 10.6 Å². The Morgan fingerprint density at radius 3 is 2.50 bits per heavy atom. The second kappa shape index (κ2) is 7.57. The Bertz CT molecular complexity index is 605.